The lowest BCUT2D eigenvalue weighted by Crippen LogP contribution is -2.18. The molecule has 0 saturated heterocycles. The lowest BCUT2D eigenvalue weighted by atomic mass is 9.88. The van der Waals surface area contributed by atoms with Crippen LogP contribution in [0.3, 0.4) is 0 Å². The number of rotatable bonds is 3. The summed E-state index contributed by atoms with van der Waals surface area (Å²) in [7, 11) is 1.92. The summed E-state index contributed by atoms with van der Waals surface area (Å²) in [6.45, 7) is 5.04. The van der Waals surface area contributed by atoms with Crippen molar-refractivity contribution in [2.24, 2.45) is 18.7 Å². The van der Waals surface area contributed by atoms with E-state index in [1.54, 1.807) is 0 Å². The first-order chi connectivity index (χ1) is 7.65. The van der Waals surface area contributed by atoms with Crippen molar-refractivity contribution < 1.29 is 0 Å². The third-order valence-electron chi connectivity index (χ3n) is 3.11. The molecule has 1 heterocycles. The van der Waals surface area contributed by atoms with Crippen LogP contribution in [-0.4, -0.2) is 21.5 Å². The second kappa shape index (κ2) is 4.22. The molecule has 0 amide bonds. The minimum absolute atomic E-state index is 0.362. The van der Waals surface area contributed by atoms with Crippen molar-refractivity contribution in [1.82, 2.24) is 15.0 Å². The second-order valence-corrected chi connectivity index (χ2v) is 4.51. The Balaban J connectivity index is 2.62. The monoisotopic (exact) mass is 218 g/mol. The van der Waals surface area contributed by atoms with Crippen molar-refractivity contribution in [3.8, 4) is 0 Å². The van der Waals surface area contributed by atoms with Gasteiger partial charge < -0.3 is 5.73 Å². The van der Waals surface area contributed by atoms with E-state index >= 15 is 0 Å². The number of fused-ring (bicyclic) bond motifs is 1. The average Bonchev–Trinajstić information content (AvgIpc) is 2.62. The molecule has 0 bridgehead atoms. The van der Waals surface area contributed by atoms with Gasteiger partial charge in [0.25, 0.3) is 0 Å². The molecule has 0 spiro atoms. The van der Waals surface area contributed by atoms with Gasteiger partial charge in [-0.2, -0.15) is 0 Å². The predicted octanol–water partition coefficient (Wildman–Crippen LogP) is 1.67. The van der Waals surface area contributed by atoms with Gasteiger partial charge in [0.1, 0.15) is 5.52 Å². The Morgan fingerprint density at radius 2 is 2.12 bits per heavy atom. The standard InChI is InChI=1S/C12H18N4/c1-8(2)10(7-13)9-5-4-6-11-12(9)16(3)15-14-11/h4-6,8,10H,7,13H2,1-3H3. The van der Waals surface area contributed by atoms with E-state index in [2.05, 4.69) is 30.2 Å². The summed E-state index contributed by atoms with van der Waals surface area (Å²) in [6.07, 6.45) is 0. The summed E-state index contributed by atoms with van der Waals surface area (Å²) >= 11 is 0. The molecule has 2 rings (SSSR count). The van der Waals surface area contributed by atoms with Gasteiger partial charge in [0.05, 0.1) is 5.52 Å². The second-order valence-electron chi connectivity index (χ2n) is 4.51. The Morgan fingerprint density at radius 3 is 2.75 bits per heavy atom. The Hall–Kier alpha value is -1.42. The molecule has 1 aromatic heterocycles. The third kappa shape index (κ3) is 1.69. The van der Waals surface area contributed by atoms with Gasteiger partial charge in [0, 0.05) is 13.0 Å². The third-order valence-corrected chi connectivity index (χ3v) is 3.11. The molecule has 2 aromatic rings. The zero-order chi connectivity index (χ0) is 11.7. The van der Waals surface area contributed by atoms with Crippen LogP contribution in [0.1, 0.15) is 25.3 Å². The van der Waals surface area contributed by atoms with Crippen molar-refractivity contribution in [2.75, 3.05) is 6.54 Å². The Labute approximate surface area is 95.4 Å². The van der Waals surface area contributed by atoms with Crippen molar-refractivity contribution in [3.05, 3.63) is 23.8 Å². The summed E-state index contributed by atoms with van der Waals surface area (Å²) in [5.74, 6) is 0.881. The van der Waals surface area contributed by atoms with Crippen LogP contribution in [0.4, 0.5) is 0 Å². The maximum Gasteiger partial charge on any atom is 0.113 e. The maximum atomic E-state index is 5.87. The predicted molar refractivity (Wildman–Crippen MR) is 65.1 cm³/mol. The van der Waals surface area contributed by atoms with Gasteiger partial charge in [-0.3, -0.25) is 0 Å². The Kier molecular flexibility index (Phi) is 2.92. The quantitative estimate of drug-likeness (QED) is 0.852. The van der Waals surface area contributed by atoms with E-state index < -0.39 is 0 Å². The molecule has 0 saturated carbocycles. The minimum Gasteiger partial charge on any atom is -0.330 e. The number of para-hydroxylation sites is 1. The van der Waals surface area contributed by atoms with Gasteiger partial charge in [-0.15, -0.1) is 5.10 Å². The lowest BCUT2D eigenvalue weighted by molar-refractivity contribution is 0.507. The van der Waals surface area contributed by atoms with Crippen LogP contribution in [0.25, 0.3) is 11.0 Å². The van der Waals surface area contributed by atoms with E-state index in [-0.39, 0.29) is 0 Å². The molecule has 0 aliphatic rings. The van der Waals surface area contributed by atoms with Gasteiger partial charge in [-0.25, -0.2) is 4.68 Å². The lowest BCUT2D eigenvalue weighted by Gasteiger charge is -2.20. The molecule has 4 heteroatoms. The van der Waals surface area contributed by atoms with E-state index in [1.165, 1.54) is 5.56 Å². The molecular weight excluding hydrogens is 200 g/mol. The fraction of sp³-hybridized carbons (Fsp3) is 0.500. The number of aryl methyl sites for hydroxylation is 1. The minimum atomic E-state index is 0.362. The zero-order valence-corrected chi connectivity index (χ0v) is 10.0. The van der Waals surface area contributed by atoms with Crippen LogP contribution < -0.4 is 5.73 Å². The van der Waals surface area contributed by atoms with Crippen LogP contribution >= 0.6 is 0 Å². The Bertz CT molecular complexity index is 487. The highest BCUT2D eigenvalue weighted by molar-refractivity contribution is 5.78. The smallest absolute Gasteiger partial charge is 0.113 e. The normalized spacial score (nSPS) is 13.6. The summed E-state index contributed by atoms with van der Waals surface area (Å²) in [4.78, 5) is 0. The van der Waals surface area contributed by atoms with Gasteiger partial charge >= 0.3 is 0 Å². The van der Waals surface area contributed by atoms with E-state index in [9.17, 15) is 0 Å². The number of nitrogens with zero attached hydrogens (tertiary/aromatic N) is 3. The molecule has 86 valence electrons. The number of aromatic nitrogens is 3. The number of hydrogen-bond donors (Lipinski definition) is 1. The molecule has 0 fully saturated rings. The van der Waals surface area contributed by atoms with Crippen LogP contribution in [0.15, 0.2) is 18.2 Å². The van der Waals surface area contributed by atoms with Crippen LogP contribution in [0.2, 0.25) is 0 Å². The van der Waals surface area contributed by atoms with E-state index in [0.29, 0.717) is 18.4 Å². The summed E-state index contributed by atoms with van der Waals surface area (Å²) in [5.41, 5.74) is 9.16. The first-order valence-corrected chi connectivity index (χ1v) is 5.63. The van der Waals surface area contributed by atoms with E-state index in [4.69, 9.17) is 5.73 Å². The largest absolute Gasteiger partial charge is 0.330 e. The van der Waals surface area contributed by atoms with E-state index in [1.807, 2.05) is 23.9 Å². The molecule has 4 nitrogen and oxygen atoms in total. The number of benzene rings is 1. The summed E-state index contributed by atoms with van der Waals surface area (Å²) < 4.78 is 1.83. The van der Waals surface area contributed by atoms with E-state index in [0.717, 1.165) is 11.0 Å². The first-order valence-electron chi connectivity index (χ1n) is 5.63. The molecule has 16 heavy (non-hydrogen) atoms. The van der Waals surface area contributed by atoms with Gasteiger partial charge in [0.2, 0.25) is 0 Å². The van der Waals surface area contributed by atoms with Crippen molar-refractivity contribution in [2.45, 2.75) is 19.8 Å². The van der Waals surface area contributed by atoms with Crippen molar-refractivity contribution in [3.63, 3.8) is 0 Å². The van der Waals surface area contributed by atoms with Crippen molar-refractivity contribution >= 4 is 11.0 Å². The Morgan fingerprint density at radius 1 is 1.38 bits per heavy atom. The molecule has 1 aromatic carbocycles. The highest BCUT2D eigenvalue weighted by atomic mass is 15.4. The number of hydrogen-bond acceptors (Lipinski definition) is 3. The fourth-order valence-corrected chi connectivity index (χ4v) is 2.20. The molecule has 0 aliphatic carbocycles. The van der Waals surface area contributed by atoms with Crippen LogP contribution in [0.5, 0.6) is 0 Å². The van der Waals surface area contributed by atoms with Crippen LogP contribution in [-0.2, 0) is 7.05 Å². The highest BCUT2D eigenvalue weighted by Gasteiger charge is 2.18. The molecule has 0 radical (unpaired) electrons. The fourth-order valence-electron chi connectivity index (χ4n) is 2.20. The first kappa shape index (κ1) is 11.1. The van der Waals surface area contributed by atoms with Crippen molar-refractivity contribution in [1.29, 1.82) is 0 Å². The summed E-state index contributed by atoms with van der Waals surface area (Å²) in [6, 6.07) is 6.14. The summed E-state index contributed by atoms with van der Waals surface area (Å²) in [5, 5.41) is 8.19. The van der Waals surface area contributed by atoms with Gasteiger partial charge in [0.15, 0.2) is 0 Å². The highest BCUT2D eigenvalue weighted by Crippen LogP contribution is 2.28. The SMILES string of the molecule is CC(C)C(CN)c1cccc2nnn(C)c12. The molecule has 1 unspecified atom stereocenters. The molecule has 2 N–H and O–H groups in total. The molecule has 0 aliphatic heterocycles. The van der Waals surface area contributed by atoms with Gasteiger partial charge in [-0.05, 0) is 24.1 Å². The molecular formula is C12H18N4. The topological polar surface area (TPSA) is 56.7 Å². The molecule has 1 atom stereocenters. The number of nitrogens with two attached hydrogens (primary N) is 1. The van der Waals surface area contributed by atoms with Gasteiger partial charge in [-0.1, -0.05) is 31.2 Å². The van der Waals surface area contributed by atoms with Crippen LogP contribution in [0, 0.1) is 5.92 Å². The zero-order valence-electron chi connectivity index (χ0n) is 10.0. The maximum absolute atomic E-state index is 5.87. The average molecular weight is 218 g/mol.